The molecule has 2 rings (SSSR count). The zero-order valence-corrected chi connectivity index (χ0v) is 17.5. The number of rotatable bonds is 7. The van der Waals surface area contributed by atoms with E-state index in [1.807, 2.05) is 0 Å². The van der Waals surface area contributed by atoms with E-state index in [0.29, 0.717) is 0 Å². The minimum atomic E-state index is -5.21. The van der Waals surface area contributed by atoms with Crippen LogP contribution in [0.15, 0.2) is 35.9 Å². The summed E-state index contributed by atoms with van der Waals surface area (Å²) in [6.45, 7) is 2.13. The Hall–Kier alpha value is -2.31. The second-order valence-corrected chi connectivity index (χ2v) is 7.80. The van der Waals surface area contributed by atoms with Crippen LogP contribution in [0.1, 0.15) is 24.2 Å². The highest BCUT2D eigenvalue weighted by atomic mass is 31.2. The summed E-state index contributed by atoms with van der Waals surface area (Å²) in [5.41, 5.74) is 5.88. The summed E-state index contributed by atoms with van der Waals surface area (Å²) in [5.74, 6) is -1.94. The molecule has 6 N–H and O–H groups in total. The minimum Gasteiger partial charge on any atom is -0.449 e. The minimum absolute atomic E-state index is 0.0556. The molecular weight excluding hydrogens is 437 g/mol. The lowest BCUT2D eigenvalue weighted by Crippen LogP contribution is -2.61. The SMILES string of the molecule is C/C=C(\C)C(=O)O[C@H]1[C@H](OC(=O)c2ccccc2N)O[C@H](CO)[C@@H](O)[C@@H]1OP(=O)(O)O. The van der Waals surface area contributed by atoms with Crippen molar-refractivity contribution in [2.75, 3.05) is 12.3 Å². The molecule has 0 amide bonds. The Morgan fingerprint density at radius 3 is 2.42 bits per heavy atom. The highest BCUT2D eigenvalue weighted by Gasteiger charge is 2.52. The van der Waals surface area contributed by atoms with Gasteiger partial charge in [-0.1, -0.05) is 18.2 Å². The number of hydrogen-bond donors (Lipinski definition) is 5. The summed E-state index contributed by atoms with van der Waals surface area (Å²) in [6.07, 6.45) is -7.38. The summed E-state index contributed by atoms with van der Waals surface area (Å²) in [6, 6.07) is 5.88. The number of nitrogen functional groups attached to an aromatic ring is 1. The molecule has 5 atom stereocenters. The van der Waals surface area contributed by atoms with Crippen molar-refractivity contribution < 1.29 is 52.9 Å². The average Bonchev–Trinajstić information content (AvgIpc) is 2.71. The van der Waals surface area contributed by atoms with E-state index in [1.54, 1.807) is 13.0 Å². The van der Waals surface area contributed by atoms with E-state index in [0.717, 1.165) is 0 Å². The molecule has 1 fully saturated rings. The van der Waals surface area contributed by atoms with Crippen LogP contribution in [0.5, 0.6) is 0 Å². The number of carbonyl (C=O) groups excluding carboxylic acids is 2. The number of esters is 2. The molecule has 1 aromatic carbocycles. The molecule has 172 valence electrons. The van der Waals surface area contributed by atoms with E-state index >= 15 is 0 Å². The van der Waals surface area contributed by atoms with Gasteiger partial charge in [-0.25, -0.2) is 14.2 Å². The van der Waals surface area contributed by atoms with Gasteiger partial charge in [0.2, 0.25) is 6.29 Å². The molecule has 0 radical (unpaired) electrons. The third-order valence-electron chi connectivity index (χ3n) is 4.46. The van der Waals surface area contributed by atoms with E-state index in [2.05, 4.69) is 4.52 Å². The van der Waals surface area contributed by atoms with Crippen molar-refractivity contribution >= 4 is 25.4 Å². The largest absolute Gasteiger partial charge is 0.470 e. The molecule has 0 spiro atoms. The molecule has 13 heteroatoms. The number of carbonyl (C=O) groups is 2. The summed E-state index contributed by atoms with van der Waals surface area (Å²) in [5, 5.41) is 19.8. The molecule has 0 aromatic heterocycles. The third kappa shape index (κ3) is 6.34. The smallest absolute Gasteiger partial charge is 0.449 e. The van der Waals surface area contributed by atoms with E-state index in [4.69, 9.17) is 19.9 Å². The number of phosphoric acid groups is 1. The zero-order valence-electron chi connectivity index (χ0n) is 16.7. The van der Waals surface area contributed by atoms with Crippen molar-refractivity contribution in [1.82, 2.24) is 0 Å². The molecule has 12 nitrogen and oxygen atoms in total. The Morgan fingerprint density at radius 2 is 1.87 bits per heavy atom. The molecule has 0 unspecified atom stereocenters. The standard InChI is InChI=1S/C18H24NO11P/c1-3-9(2)16(22)28-15-14(30-31(24,25)26)13(21)12(8-20)27-18(15)29-17(23)10-6-4-5-7-11(10)19/h3-7,12-15,18,20-21H,8,19H2,1-2H3,(H2,24,25,26)/b9-3+/t12-,13-,14+,15-,18+/m1/s1. The fourth-order valence-electron chi connectivity index (χ4n) is 2.73. The van der Waals surface area contributed by atoms with E-state index in [-0.39, 0.29) is 16.8 Å². The Labute approximate surface area is 177 Å². The van der Waals surface area contributed by atoms with Gasteiger partial charge in [0.05, 0.1) is 12.2 Å². The van der Waals surface area contributed by atoms with Crippen molar-refractivity contribution in [3.63, 3.8) is 0 Å². The van der Waals surface area contributed by atoms with Crippen LogP contribution in [0.25, 0.3) is 0 Å². The van der Waals surface area contributed by atoms with Crippen LogP contribution in [-0.4, -0.2) is 69.3 Å². The molecule has 1 aliphatic rings. The first-order valence-corrected chi connectivity index (χ1v) is 10.6. The van der Waals surface area contributed by atoms with Crippen LogP contribution < -0.4 is 5.73 Å². The molecule has 1 heterocycles. The first-order chi connectivity index (χ1) is 14.5. The number of hydrogen-bond acceptors (Lipinski definition) is 10. The van der Waals surface area contributed by atoms with Crippen LogP contribution in [0.3, 0.4) is 0 Å². The van der Waals surface area contributed by atoms with Gasteiger partial charge < -0.3 is 39.9 Å². The molecule has 0 aliphatic carbocycles. The normalized spacial score (nSPS) is 26.9. The number of benzene rings is 1. The first kappa shape index (κ1) is 25.0. The van der Waals surface area contributed by atoms with Gasteiger partial charge >= 0.3 is 19.8 Å². The van der Waals surface area contributed by atoms with E-state index in [1.165, 1.54) is 31.2 Å². The zero-order chi connectivity index (χ0) is 23.3. The van der Waals surface area contributed by atoms with Gasteiger partial charge in [-0.15, -0.1) is 0 Å². The highest BCUT2D eigenvalue weighted by Crippen LogP contribution is 2.42. The summed E-state index contributed by atoms with van der Waals surface area (Å²) < 4.78 is 31.8. The van der Waals surface area contributed by atoms with E-state index < -0.39 is 57.1 Å². The predicted octanol–water partition coefficient (Wildman–Crippen LogP) is -0.140. The number of allylic oxidation sites excluding steroid dienone is 1. The number of phosphoric ester groups is 1. The van der Waals surface area contributed by atoms with Crippen LogP contribution in [0.2, 0.25) is 0 Å². The number of anilines is 1. The maximum Gasteiger partial charge on any atom is 0.470 e. The quantitative estimate of drug-likeness (QED) is 0.156. The molecule has 1 aromatic rings. The summed E-state index contributed by atoms with van der Waals surface area (Å²) in [7, 11) is -5.21. The monoisotopic (exact) mass is 461 g/mol. The van der Waals surface area contributed by atoms with Crippen molar-refractivity contribution in [3.8, 4) is 0 Å². The lowest BCUT2D eigenvalue weighted by molar-refractivity contribution is -0.285. The van der Waals surface area contributed by atoms with Crippen LogP contribution in [0, 0.1) is 0 Å². The number of para-hydroxylation sites is 1. The molecule has 0 bridgehead atoms. The van der Waals surface area contributed by atoms with Gasteiger partial charge in [0.25, 0.3) is 0 Å². The Kier molecular flexibility index (Phi) is 8.32. The van der Waals surface area contributed by atoms with Crippen LogP contribution in [-0.2, 0) is 28.1 Å². The van der Waals surface area contributed by atoms with Crippen molar-refractivity contribution in [2.24, 2.45) is 0 Å². The highest BCUT2D eigenvalue weighted by molar-refractivity contribution is 7.46. The molecule has 0 saturated carbocycles. The summed E-state index contributed by atoms with van der Waals surface area (Å²) in [4.78, 5) is 43.3. The fourth-order valence-corrected chi connectivity index (χ4v) is 3.29. The van der Waals surface area contributed by atoms with Gasteiger partial charge in [-0.05, 0) is 26.0 Å². The van der Waals surface area contributed by atoms with Gasteiger partial charge in [-0.2, -0.15) is 0 Å². The maximum atomic E-state index is 12.6. The van der Waals surface area contributed by atoms with Crippen molar-refractivity contribution in [2.45, 2.75) is 44.6 Å². The molecule has 1 aliphatic heterocycles. The van der Waals surface area contributed by atoms with Gasteiger partial charge in [0.1, 0.15) is 18.3 Å². The molecule has 31 heavy (non-hydrogen) atoms. The molecule has 1 saturated heterocycles. The van der Waals surface area contributed by atoms with Crippen molar-refractivity contribution in [3.05, 3.63) is 41.5 Å². The first-order valence-electron chi connectivity index (χ1n) is 9.06. The van der Waals surface area contributed by atoms with Crippen LogP contribution >= 0.6 is 7.82 Å². The lowest BCUT2D eigenvalue weighted by atomic mass is 9.99. The van der Waals surface area contributed by atoms with Gasteiger partial charge in [-0.3, -0.25) is 4.52 Å². The number of ether oxygens (including phenoxy) is 3. The topological polar surface area (TPSA) is 195 Å². The predicted molar refractivity (Wildman–Crippen MR) is 104 cm³/mol. The number of aliphatic hydroxyl groups excluding tert-OH is 2. The Balaban J connectivity index is 2.41. The molecular formula is C18H24NO11P. The average molecular weight is 461 g/mol. The summed E-state index contributed by atoms with van der Waals surface area (Å²) >= 11 is 0. The number of aliphatic hydroxyl groups is 2. The van der Waals surface area contributed by atoms with Gasteiger partial charge in [0.15, 0.2) is 6.10 Å². The van der Waals surface area contributed by atoms with Crippen LogP contribution in [0.4, 0.5) is 5.69 Å². The van der Waals surface area contributed by atoms with E-state index in [9.17, 15) is 34.2 Å². The second kappa shape index (κ2) is 10.3. The second-order valence-electron chi connectivity index (χ2n) is 6.61. The lowest BCUT2D eigenvalue weighted by Gasteiger charge is -2.42. The Bertz CT molecular complexity index is 883. The maximum absolute atomic E-state index is 12.6. The number of nitrogens with two attached hydrogens (primary N) is 1. The Morgan fingerprint density at radius 1 is 1.23 bits per heavy atom. The van der Waals surface area contributed by atoms with Gasteiger partial charge in [0, 0.05) is 11.3 Å². The third-order valence-corrected chi connectivity index (χ3v) is 4.98. The van der Waals surface area contributed by atoms with Crippen molar-refractivity contribution in [1.29, 1.82) is 0 Å². The fraction of sp³-hybridized carbons (Fsp3) is 0.444.